The van der Waals surface area contributed by atoms with E-state index in [0.717, 1.165) is 11.6 Å². The van der Waals surface area contributed by atoms with E-state index in [1.807, 2.05) is 18.2 Å². The number of benzene rings is 1. The van der Waals surface area contributed by atoms with Crippen LogP contribution in [0.2, 0.25) is 0 Å². The van der Waals surface area contributed by atoms with Crippen molar-refractivity contribution in [2.75, 3.05) is 6.61 Å². The van der Waals surface area contributed by atoms with Crippen molar-refractivity contribution >= 4 is 17.7 Å². The molecule has 0 saturated carbocycles. The van der Waals surface area contributed by atoms with Crippen LogP contribution >= 0.6 is 0 Å². The van der Waals surface area contributed by atoms with Gasteiger partial charge in [-0.15, -0.1) is 0 Å². The van der Waals surface area contributed by atoms with E-state index in [2.05, 4.69) is 4.74 Å². The molecule has 0 aliphatic rings. The molecule has 0 radical (unpaired) electrons. The first-order chi connectivity index (χ1) is 9.54. The standard InChI is InChI=1S/C15H16O5/c1-3-19-14(17)9-13(11(2)16)15(18)20-10-12-7-5-4-6-8-12/h4-9H,3,10H2,1-2H3/b13-9-. The molecule has 0 bridgehead atoms. The van der Waals surface area contributed by atoms with E-state index >= 15 is 0 Å². The highest BCUT2D eigenvalue weighted by Crippen LogP contribution is 2.06. The van der Waals surface area contributed by atoms with Gasteiger partial charge in [-0.05, 0) is 19.4 Å². The first-order valence-electron chi connectivity index (χ1n) is 6.15. The van der Waals surface area contributed by atoms with E-state index in [9.17, 15) is 14.4 Å². The molecule has 5 heteroatoms. The van der Waals surface area contributed by atoms with Gasteiger partial charge in [0, 0.05) is 6.08 Å². The van der Waals surface area contributed by atoms with Gasteiger partial charge in [-0.25, -0.2) is 9.59 Å². The first-order valence-corrected chi connectivity index (χ1v) is 6.15. The van der Waals surface area contributed by atoms with Gasteiger partial charge in [-0.3, -0.25) is 4.79 Å². The minimum atomic E-state index is -0.839. The van der Waals surface area contributed by atoms with Gasteiger partial charge >= 0.3 is 11.9 Å². The number of hydrogen-bond donors (Lipinski definition) is 0. The van der Waals surface area contributed by atoms with Crippen molar-refractivity contribution in [1.82, 2.24) is 0 Å². The van der Waals surface area contributed by atoms with E-state index in [-0.39, 0.29) is 18.8 Å². The van der Waals surface area contributed by atoms with Crippen molar-refractivity contribution in [3.8, 4) is 0 Å². The van der Waals surface area contributed by atoms with E-state index < -0.39 is 17.7 Å². The number of esters is 2. The number of carbonyl (C=O) groups excluding carboxylic acids is 3. The number of ketones is 1. The summed E-state index contributed by atoms with van der Waals surface area (Å²) in [5, 5.41) is 0. The summed E-state index contributed by atoms with van der Waals surface area (Å²) in [5.41, 5.74) is 0.472. The molecule has 0 unspecified atom stereocenters. The molecule has 1 aromatic carbocycles. The molecule has 0 aliphatic carbocycles. The Kier molecular flexibility index (Phi) is 6.16. The Morgan fingerprint density at radius 3 is 2.30 bits per heavy atom. The third kappa shape index (κ3) is 5.06. The molecular weight excluding hydrogens is 260 g/mol. The fraction of sp³-hybridized carbons (Fsp3) is 0.267. The van der Waals surface area contributed by atoms with E-state index in [0.29, 0.717) is 0 Å². The van der Waals surface area contributed by atoms with Gasteiger partial charge in [0.15, 0.2) is 5.78 Å². The molecule has 0 spiro atoms. The van der Waals surface area contributed by atoms with Gasteiger partial charge < -0.3 is 9.47 Å². The summed E-state index contributed by atoms with van der Waals surface area (Å²) in [5.74, 6) is -2.13. The summed E-state index contributed by atoms with van der Waals surface area (Å²) in [7, 11) is 0. The molecule has 5 nitrogen and oxygen atoms in total. The van der Waals surface area contributed by atoms with E-state index in [1.54, 1.807) is 19.1 Å². The molecular formula is C15H16O5. The van der Waals surface area contributed by atoms with Crippen LogP contribution in [0, 0.1) is 0 Å². The Labute approximate surface area is 117 Å². The molecule has 20 heavy (non-hydrogen) atoms. The minimum Gasteiger partial charge on any atom is -0.463 e. The third-order valence-corrected chi connectivity index (χ3v) is 2.36. The Bertz CT molecular complexity index is 516. The maximum absolute atomic E-state index is 11.8. The first kappa shape index (κ1) is 15.6. The molecule has 0 N–H and O–H groups in total. The predicted molar refractivity (Wildman–Crippen MR) is 71.6 cm³/mol. The van der Waals surface area contributed by atoms with E-state index in [1.165, 1.54) is 6.92 Å². The van der Waals surface area contributed by atoms with Crippen molar-refractivity contribution in [1.29, 1.82) is 0 Å². The Balaban J connectivity index is 2.70. The highest BCUT2D eigenvalue weighted by Gasteiger charge is 2.18. The number of hydrogen-bond acceptors (Lipinski definition) is 5. The number of Topliss-reactive ketones (excluding diaryl/α,β-unsaturated/α-hetero) is 1. The SMILES string of the molecule is CCOC(=O)/C=C(/C(C)=O)C(=O)OCc1ccccc1. The molecule has 0 aliphatic heterocycles. The summed E-state index contributed by atoms with van der Waals surface area (Å²) < 4.78 is 9.65. The van der Waals surface area contributed by atoms with Crippen LogP contribution in [0.25, 0.3) is 0 Å². The van der Waals surface area contributed by atoms with Crippen LogP contribution in [0.1, 0.15) is 19.4 Å². The highest BCUT2D eigenvalue weighted by molar-refractivity contribution is 6.19. The topological polar surface area (TPSA) is 69.7 Å². The molecule has 0 aromatic heterocycles. The van der Waals surface area contributed by atoms with Crippen LogP contribution in [-0.4, -0.2) is 24.3 Å². The normalized spacial score (nSPS) is 10.8. The molecule has 0 heterocycles. The second kappa shape index (κ2) is 7.89. The van der Waals surface area contributed by atoms with Crippen molar-refractivity contribution < 1.29 is 23.9 Å². The smallest absolute Gasteiger partial charge is 0.342 e. The lowest BCUT2D eigenvalue weighted by molar-refractivity contribution is -0.143. The Hall–Kier alpha value is -2.43. The van der Waals surface area contributed by atoms with Crippen LogP contribution < -0.4 is 0 Å². The summed E-state index contributed by atoms with van der Waals surface area (Å²) in [6.45, 7) is 3.02. The minimum absolute atomic E-state index is 0.0348. The van der Waals surface area contributed by atoms with Gasteiger partial charge in [0.2, 0.25) is 0 Å². The van der Waals surface area contributed by atoms with Gasteiger partial charge in [0.25, 0.3) is 0 Å². The molecule has 0 atom stereocenters. The van der Waals surface area contributed by atoms with Crippen LogP contribution in [0.15, 0.2) is 42.0 Å². The Morgan fingerprint density at radius 2 is 1.75 bits per heavy atom. The lowest BCUT2D eigenvalue weighted by atomic mass is 10.2. The van der Waals surface area contributed by atoms with Gasteiger partial charge in [-0.1, -0.05) is 30.3 Å². The van der Waals surface area contributed by atoms with E-state index in [4.69, 9.17) is 4.74 Å². The maximum Gasteiger partial charge on any atom is 0.342 e. The average Bonchev–Trinajstić information content (AvgIpc) is 2.43. The number of ether oxygens (including phenoxy) is 2. The summed E-state index contributed by atoms with van der Waals surface area (Å²) >= 11 is 0. The molecule has 1 rings (SSSR count). The van der Waals surface area contributed by atoms with Crippen LogP contribution in [0.4, 0.5) is 0 Å². The van der Waals surface area contributed by atoms with Crippen molar-refractivity contribution in [3.63, 3.8) is 0 Å². The molecule has 0 amide bonds. The predicted octanol–water partition coefficient (Wildman–Crippen LogP) is 1.81. The molecule has 1 aromatic rings. The van der Waals surface area contributed by atoms with Gasteiger partial charge in [0.1, 0.15) is 12.2 Å². The van der Waals surface area contributed by atoms with Crippen molar-refractivity contribution in [2.45, 2.75) is 20.5 Å². The molecule has 0 fully saturated rings. The quantitative estimate of drug-likeness (QED) is 0.343. The molecule has 0 saturated heterocycles. The summed E-state index contributed by atoms with van der Waals surface area (Å²) in [6, 6.07) is 9.03. The largest absolute Gasteiger partial charge is 0.463 e. The van der Waals surface area contributed by atoms with Crippen molar-refractivity contribution in [2.24, 2.45) is 0 Å². The lowest BCUT2D eigenvalue weighted by Gasteiger charge is -2.06. The van der Waals surface area contributed by atoms with Crippen LogP contribution in [0.5, 0.6) is 0 Å². The van der Waals surface area contributed by atoms with Crippen LogP contribution in [0.3, 0.4) is 0 Å². The third-order valence-electron chi connectivity index (χ3n) is 2.36. The zero-order valence-corrected chi connectivity index (χ0v) is 11.4. The summed E-state index contributed by atoms with van der Waals surface area (Å²) in [6.07, 6.45) is 0.860. The summed E-state index contributed by atoms with van der Waals surface area (Å²) in [4.78, 5) is 34.4. The monoisotopic (exact) mass is 276 g/mol. The van der Waals surface area contributed by atoms with Gasteiger partial charge in [-0.2, -0.15) is 0 Å². The van der Waals surface area contributed by atoms with Crippen molar-refractivity contribution in [3.05, 3.63) is 47.5 Å². The molecule has 106 valence electrons. The zero-order valence-electron chi connectivity index (χ0n) is 11.4. The number of carbonyl (C=O) groups is 3. The second-order valence-corrected chi connectivity index (χ2v) is 3.93. The maximum atomic E-state index is 11.8. The zero-order chi connectivity index (χ0) is 15.0. The Morgan fingerprint density at radius 1 is 1.10 bits per heavy atom. The highest BCUT2D eigenvalue weighted by atomic mass is 16.5. The van der Waals surface area contributed by atoms with Gasteiger partial charge in [0.05, 0.1) is 6.61 Å². The lowest BCUT2D eigenvalue weighted by Crippen LogP contribution is -2.16. The average molecular weight is 276 g/mol. The van der Waals surface area contributed by atoms with Crippen LogP contribution in [-0.2, 0) is 30.5 Å². The number of rotatable bonds is 6. The second-order valence-electron chi connectivity index (χ2n) is 3.93. The fourth-order valence-electron chi connectivity index (χ4n) is 1.41. The fourth-order valence-corrected chi connectivity index (χ4v) is 1.41.